The Morgan fingerprint density at radius 1 is 0.897 bits per heavy atom. The molecule has 0 unspecified atom stereocenters. The highest BCUT2D eigenvalue weighted by molar-refractivity contribution is 7.80. The van der Waals surface area contributed by atoms with Gasteiger partial charge in [-0.2, -0.15) is 0 Å². The first-order chi connectivity index (χ1) is 13.9. The Hall–Kier alpha value is -3.65. The van der Waals surface area contributed by atoms with E-state index in [9.17, 15) is 9.59 Å². The van der Waals surface area contributed by atoms with Crippen molar-refractivity contribution in [2.24, 2.45) is 0 Å². The predicted octanol–water partition coefficient (Wildman–Crippen LogP) is 2.87. The molecule has 2 rings (SSSR count). The zero-order valence-electron chi connectivity index (χ0n) is 16.2. The van der Waals surface area contributed by atoms with Crippen LogP contribution in [-0.4, -0.2) is 41.1 Å². The Labute approximate surface area is 175 Å². The van der Waals surface area contributed by atoms with E-state index in [1.165, 1.54) is 29.2 Å². The molecule has 150 valence electrons. The van der Waals surface area contributed by atoms with Crippen LogP contribution in [0.4, 0.5) is 0 Å². The SMILES string of the molecule is C=C/C=C(\NN(C)C(=O)c1ccccc1)OC(=S)NN(C)C(=O)c1ccccc1. The standard InChI is InChI=1S/C21H22N4O3S/c1-4-11-18(22-24(2)19(26)16-12-7-5-8-13-16)28-21(29)23-25(3)20(27)17-14-9-6-10-15-17/h4-15,22H,1H2,2-3H3,(H,23,29)/b18-11+. The lowest BCUT2D eigenvalue weighted by molar-refractivity contribution is 0.0697. The fourth-order valence-electron chi connectivity index (χ4n) is 2.28. The molecule has 0 aliphatic carbocycles. The molecule has 2 N–H and O–H groups in total. The van der Waals surface area contributed by atoms with E-state index in [2.05, 4.69) is 17.4 Å². The quantitative estimate of drug-likeness (QED) is 0.330. The van der Waals surface area contributed by atoms with Gasteiger partial charge in [0, 0.05) is 25.2 Å². The molecule has 0 spiro atoms. The largest absolute Gasteiger partial charge is 0.412 e. The molecule has 29 heavy (non-hydrogen) atoms. The molecule has 2 amide bonds. The van der Waals surface area contributed by atoms with E-state index in [1.807, 2.05) is 12.1 Å². The Bertz CT molecular complexity index is 901. The maximum atomic E-state index is 12.4. The Morgan fingerprint density at radius 2 is 1.34 bits per heavy atom. The van der Waals surface area contributed by atoms with Crippen molar-refractivity contribution in [3.05, 3.63) is 96.4 Å². The fraction of sp³-hybridized carbons (Fsp3) is 0.0952. The number of hydrogen-bond donors (Lipinski definition) is 2. The summed E-state index contributed by atoms with van der Waals surface area (Å²) in [7, 11) is 3.08. The molecule has 0 aromatic heterocycles. The number of amides is 2. The van der Waals surface area contributed by atoms with Crippen LogP contribution in [0, 0.1) is 0 Å². The van der Waals surface area contributed by atoms with Gasteiger partial charge < -0.3 is 4.74 Å². The minimum Gasteiger partial charge on any atom is -0.412 e. The second-order valence-corrected chi connectivity index (χ2v) is 6.21. The molecule has 0 aliphatic heterocycles. The number of nitrogens with zero attached hydrogens (tertiary/aromatic N) is 2. The van der Waals surface area contributed by atoms with E-state index in [4.69, 9.17) is 17.0 Å². The molecule has 0 heterocycles. The van der Waals surface area contributed by atoms with Gasteiger partial charge in [-0.1, -0.05) is 49.1 Å². The number of rotatable bonds is 6. The van der Waals surface area contributed by atoms with Gasteiger partial charge in [-0.3, -0.25) is 30.5 Å². The summed E-state index contributed by atoms with van der Waals surface area (Å²) in [6, 6.07) is 17.5. The average molecular weight is 410 g/mol. The zero-order chi connectivity index (χ0) is 21.2. The van der Waals surface area contributed by atoms with Crippen LogP contribution in [0.2, 0.25) is 0 Å². The minimum absolute atomic E-state index is 0.0852. The average Bonchev–Trinajstić information content (AvgIpc) is 2.73. The Morgan fingerprint density at radius 3 is 1.79 bits per heavy atom. The molecule has 8 heteroatoms. The first kappa shape index (κ1) is 21.6. The van der Waals surface area contributed by atoms with Crippen molar-refractivity contribution in [2.75, 3.05) is 14.1 Å². The van der Waals surface area contributed by atoms with Crippen molar-refractivity contribution in [3.63, 3.8) is 0 Å². The molecule has 7 nitrogen and oxygen atoms in total. The van der Waals surface area contributed by atoms with Crippen LogP contribution in [-0.2, 0) is 4.74 Å². The number of hydrogen-bond acceptors (Lipinski definition) is 5. The van der Waals surface area contributed by atoms with Gasteiger partial charge in [-0.05, 0) is 42.6 Å². The summed E-state index contributed by atoms with van der Waals surface area (Å²) in [5, 5.41) is 2.38. The molecule has 0 fully saturated rings. The summed E-state index contributed by atoms with van der Waals surface area (Å²) in [4.78, 5) is 24.8. The van der Waals surface area contributed by atoms with E-state index in [-0.39, 0.29) is 22.9 Å². The molecule has 0 saturated carbocycles. The molecule has 2 aromatic rings. The highest BCUT2D eigenvalue weighted by atomic mass is 32.1. The number of hydrazine groups is 2. The van der Waals surface area contributed by atoms with Crippen molar-refractivity contribution in [1.29, 1.82) is 0 Å². The van der Waals surface area contributed by atoms with Crippen LogP contribution >= 0.6 is 12.2 Å². The van der Waals surface area contributed by atoms with Gasteiger partial charge >= 0.3 is 0 Å². The van der Waals surface area contributed by atoms with Gasteiger partial charge in [0.25, 0.3) is 17.0 Å². The first-order valence-corrected chi connectivity index (χ1v) is 9.07. The van der Waals surface area contributed by atoms with E-state index in [0.29, 0.717) is 11.1 Å². The maximum absolute atomic E-state index is 12.4. The van der Waals surface area contributed by atoms with Gasteiger partial charge in [0.2, 0.25) is 5.88 Å². The van der Waals surface area contributed by atoms with Crippen molar-refractivity contribution in [3.8, 4) is 0 Å². The normalized spacial score (nSPS) is 10.5. The van der Waals surface area contributed by atoms with Gasteiger partial charge in [-0.15, -0.1) is 0 Å². The summed E-state index contributed by atoms with van der Waals surface area (Å²) in [6.07, 6.45) is 2.98. The number of carbonyl (C=O) groups is 2. The van der Waals surface area contributed by atoms with E-state index < -0.39 is 0 Å². The van der Waals surface area contributed by atoms with Crippen molar-refractivity contribution in [1.82, 2.24) is 20.9 Å². The summed E-state index contributed by atoms with van der Waals surface area (Å²) in [5.74, 6) is -0.389. The van der Waals surface area contributed by atoms with E-state index in [1.54, 1.807) is 55.6 Å². The third-order valence-electron chi connectivity index (χ3n) is 3.66. The summed E-state index contributed by atoms with van der Waals surface area (Å²) in [6.45, 7) is 3.62. The molecule has 0 saturated heterocycles. The minimum atomic E-state index is -0.282. The van der Waals surface area contributed by atoms with Crippen molar-refractivity contribution in [2.45, 2.75) is 0 Å². The van der Waals surface area contributed by atoms with Gasteiger partial charge in [0.15, 0.2) is 0 Å². The monoisotopic (exact) mass is 410 g/mol. The first-order valence-electron chi connectivity index (χ1n) is 8.66. The van der Waals surface area contributed by atoms with Crippen LogP contribution in [0.3, 0.4) is 0 Å². The molecular formula is C21H22N4O3S. The van der Waals surface area contributed by atoms with Crippen LogP contribution in [0.5, 0.6) is 0 Å². The lowest BCUT2D eigenvalue weighted by Crippen LogP contribution is -2.45. The lowest BCUT2D eigenvalue weighted by atomic mass is 10.2. The van der Waals surface area contributed by atoms with E-state index in [0.717, 1.165) is 0 Å². The zero-order valence-corrected chi connectivity index (χ0v) is 17.0. The molecule has 0 atom stereocenters. The lowest BCUT2D eigenvalue weighted by Gasteiger charge is -2.24. The van der Waals surface area contributed by atoms with Crippen LogP contribution < -0.4 is 10.9 Å². The number of benzene rings is 2. The molecule has 2 aromatic carbocycles. The summed E-state index contributed by atoms with van der Waals surface area (Å²) >= 11 is 5.16. The number of ether oxygens (including phenoxy) is 1. The molecule has 0 radical (unpaired) electrons. The number of nitrogens with one attached hydrogen (secondary N) is 2. The smallest absolute Gasteiger partial charge is 0.282 e. The maximum Gasteiger partial charge on any atom is 0.282 e. The fourth-order valence-corrected chi connectivity index (χ4v) is 2.50. The predicted molar refractivity (Wildman–Crippen MR) is 115 cm³/mol. The Balaban J connectivity index is 1.96. The van der Waals surface area contributed by atoms with Crippen LogP contribution in [0.25, 0.3) is 0 Å². The third kappa shape index (κ3) is 6.47. The van der Waals surface area contributed by atoms with Gasteiger partial charge in [0.1, 0.15) is 0 Å². The molecule has 0 aliphatic rings. The summed E-state index contributed by atoms with van der Waals surface area (Å²) < 4.78 is 5.52. The van der Waals surface area contributed by atoms with Crippen molar-refractivity contribution < 1.29 is 14.3 Å². The van der Waals surface area contributed by atoms with E-state index >= 15 is 0 Å². The Kier molecular flexibility index (Phi) is 7.93. The number of allylic oxidation sites excluding steroid dienone is 2. The number of carbonyl (C=O) groups excluding carboxylic acids is 2. The van der Waals surface area contributed by atoms with Gasteiger partial charge in [-0.25, -0.2) is 0 Å². The topological polar surface area (TPSA) is 73.9 Å². The van der Waals surface area contributed by atoms with Crippen LogP contribution in [0.1, 0.15) is 20.7 Å². The highest BCUT2D eigenvalue weighted by Crippen LogP contribution is 2.05. The molecular weight excluding hydrogens is 388 g/mol. The van der Waals surface area contributed by atoms with Crippen molar-refractivity contribution >= 4 is 29.2 Å². The number of thiocarbonyl (C=S) groups is 1. The second-order valence-electron chi connectivity index (χ2n) is 5.84. The molecule has 0 bridgehead atoms. The summed E-state index contributed by atoms with van der Waals surface area (Å²) in [5.41, 5.74) is 6.48. The van der Waals surface area contributed by atoms with Crippen LogP contribution in [0.15, 0.2) is 85.3 Å². The highest BCUT2D eigenvalue weighted by Gasteiger charge is 2.16. The van der Waals surface area contributed by atoms with Gasteiger partial charge in [0.05, 0.1) is 0 Å². The third-order valence-corrected chi connectivity index (χ3v) is 3.83. The second kappa shape index (κ2) is 10.6.